The zero-order chi connectivity index (χ0) is 19.4. The van der Waals surface area contributed by atoms with Crippen LogP contribution < -0.4 is 0 Å². The normalized spacial score (nSPS) is 22.3. The fourth-order valence-electron chi connectivity index (χ4n) is 3.06. The Morgan fingerprint density at radius 1 is 1.31 bits per heavy atom. The molecule has 2 N–H and O–H groups in total. The fourth-order valence-corrected chi connectivity index (χ4v) is 3.06. The first-order valence-corrected chi connectivity index (χ1v) is 9.53. The average molecular weight is 360 g/mol. The molecule has 144 valence electrons. The molecular formula is C22H32O4. The molecular weight excluding hydrogens is 328 g/mol. The molecule has 26 heavy (non-hydrogen) atoms. The number of aliphatic carboxylic acids is 1. The van der Waals surface area contributed by atoms with Crippen LogP contribution >= 0.6 is 0 Å². The summed E-state index contributed by atoms with van der Waals surface area (Å²) < 4.78 is 0. The summed E-state index contributed by atoms with van der Waals surface area (Å²) in [4.78, 5) is 22.5. The second-order valence-electron chi connectivity index (χ2n) is 6.98. The molecule has 4 nitrogen and oxygen atoms in total. The van der Waals surface area contributed by atoms with Crippen LogP contribution in [0.15, 0.2) is 49.1 Å². The lowest BCUT2D eigenvalue weighted by atomic mass is 9.88. The van der Waals surface area contributed by atoms with E-state index in [1.54, 1.807) is 12.2 Å². The standard InChI is InChI=1S/C22H32O4/c1-3-5-16-22(26,4-2)17-10-11-18-14-15-20(23)19(18)12-8-6-7-9-13-21(24)25/h4,6,8,10-11,14-15,18-19,26H,2-3,5,7,9,12-13,16-17H2,1H3,(H,24,25)/t18-,19+,22?/m0/s1. The smallest absolute Gasteiger partial charge is 0.303 e. The van der Waals surface area contributed by atoms with E-state index in [4.69, 9.17) is 5.11 Å². The van der Waals surface area contributed by atoms with Crippen molar-refractivity contribution in [2.45, 2.75) is 63.9 Å². The van der Waals surface area contributed by atoms with E-state index in [2.05, 4.69) is 13.5 Å². The van der Waals surface area contributed by atoms with E-state index in [0.29, 0.717) is 32.1 Å². The van der Waals surface area contributed by atoms with Gasteiger partial charge in [-0.05, 0) is 38.2 Å². The third-order valence-electron chi connectivity index (χ3n) is 4.80. The highest BCUT2D eigenvalue weighted by Gasteiger charge is 2.27. The van der Waals surface area contributed by atoms with Gasteiger partial charge in [0.05, 0.1) is 5.60 Å². The Morgan fingerprint density at radius 2 is 2.08 bits per heavy atom. The van der Waals surface area contributed by atoms with Crippen LogP contribution in [0.1, 0.15) is 58.3 Å². The molecule has 0 bridgehead atoms. The first-order valence-electron chi connectivity index (χ1n) is 9.53. The van der Waals surface area contributed by atoms with E-state index in [0.717, 1.165) is 12.8 Å². The topological polar surface area (TPSA) is 74.6 Å². The highest BCUT2D eigenvalue weighted by molar-refractivity contribution is 5.95. The van der Waals surface area contributed by atoms with Crippen molar-refractivity contribution in [3.63, 3.8) is 0 Å². The van der Waals surface area contributed by atoms with Gasteiger partial charge in [0.25, 0.3) is 0 Å². The Balaban J connectivity index is 2.50. The number of allylic oxidation sites excluding steroid dienone is 5. The molecule has 1 aliphatic rings. The highest BCUT2D eigenvalue weighted by Crippen LogP contribution is 2.28. The van der Waals surface area contributed by atoms with Crippen molar-refractivity contribution < 1.29 is 19.8 Å². The van der Waals surface area contributed by atoms with Gasteiger partial charge in [-0.25, -0.2) is 0 Å². The number of hydrogen-bond donors (Lipinski definition) is 2. The zero-order valence-electron chi connectivity index (χ0n) is 15.8. The van der Waals surface area contributed by atoms with E-state index < -0.39 is 11.6 Å². The first kappa shape index (κ1) is 22.1. The summed E-state index contributed by atoms with van der Waals surface area (Å²) >= 11 is 0. The molecule has 4 heteroatoms. The van der Waals surface area contributed by atoms with E-state index in [9.17, 15) is 14.7 Å². The summed E-state index contributed by atoms with van der Waals surface area (Å²) in [6, 6.07) is 0. The Kier molecular flexibility index (Phi) is 9.89. The van der Waals surface area contributed by atoms with Gasteiger partial charge in [-0.3, -0.25) is 9.59 Å². The third-order valence-corrected chi connectivity index (χ3v) is 4.80. The van der Waals surface area contributed by atoms with Gasteiger partial charge in [-0.2, -0.15) is 0 Å². The van der Waals surface area contributed by atoms with E-state index >= 15 is 0 Å². The molecule has 0 aliphatic heterocycles. The van der Waals surface area contributed by atoms with E-state index in [1.807, 2.05) is 30.4 Å². The number of carboxylic acid groups (broad SMARTS) is 1. The molecule has 0 aromatic carbocycles. The van der Waals surface area contributed by atoms with Gasteiger partial charge in [0.15, 0.2) is 5.78 Å². The lowest BCUT2D eigenvalue weighted by Gasteiger charge is -2.22. The Morgan fingerprint density at radius 3 is 2.73 bits per heavy atom. The van der Waals surface area contributed by atoms with Crippen LogP contribution in [0, 0.1) is 11.8 Å². The van der Waals surface area contributed by atoms with Gasteiger partial charge >= 0.3 is 5.97 Å². The predicted octanol–water partition coefficient (Wildman–Crippen LogP) is 4.61. The van der Waals surface area contributed by atoms with Gasteiger partial charge in [-0.15, -0.1) is 6.58 Å². The molecule has 0 radical (unpaired) electrons. The van der Waals surface area contributed by atoms with Crippen molar-refractivity contribution in [2.75, 3.05) is 0 Å². The number of rotatable bonds is 13. The van der Waals surface area contributed by atoms with E-state index in [-0.39, 0.29) is 24.0 Å². The molecule has 0 amide bonds. The molecule has 0 spiro atoms. The van der Waals surface area contributed by atoms with E-state index in [1.165, 1.54) is 0 Å². The van der Waals surface area contributed by atoms with Crippen LogP contribution in [0.5, 0.6) is 0 Å². The molecule has 1 unspecified atom stereocenters. The van der Waals surface area contributed by atoms with Crippen LogP contribution in [-0.4, -0.2) is 27.6 Å². The molecule has 0 aromatic rings. The quantitative estimate of drug-likeness (QED) is 0.371. The maximum atomic E-state index is 12.1. The SMILES string of the molecule is C=CC(O)(CC=C[C@H]1C=CC(=O)[C@@H]1CC=CCCCC(=O)O)CCCC. The molecule has 1 rings (SSSR count). The van der Waals surface area contributed by atoms with Gasteiger partial charge in [0, 0.05) is 18.3 Å². The maximum Gasteiger partial charge on any atom is 0.303 e. The van der Waals surface area contributed by atoms with Gasteiger partial charge in [-0.1, -0.05) is 56.2 Å². The summed E-state index contributed by atoms with van der Waals surface area (Å²) in [6.45, 7) is 5.83. The largest absolute Gasteiger partial charge is 0.481 e. The number of unbranched alkanes of at least 4 members (excludes halogenated alkanes) is 2. The molecule has 3 atom stereocenters. The molecule has 0 saturated carbocycles. The molecule has 1 aliphatic carbocycles. The molecule has 0 fully saturated rings. The number of carbonyl (C=O) groups is 2. The Bertz CT molecular complexity index is 558. The van der Waals surface area contributed by atoms with Crippen molar-refractivity contribution in [3.05, 3.63) is 49.1 Å². The first-order chi connectivity index (χ1) is 12.4. The van der Waals surface area contributed by atoms with Crippen LogP contribution in [0.3, 0.4) is 0 Å². The summed E-state index contributed by atoms with van der Waals surface area (Å²) in [5.41, 5.74) is -0.877. The van der Waals surface area contributed by atoms with Crippen molar-refractivity contribution in [2.24, 2.45) is 11.8 Å². The molecule has 0 saturated heterocycles. The molecule has 0 aromatic heterocycles. The number of carboxylic acids is 1. The second kappa shape index (κ2) is 11.6. The van der Waals surface area contributed by atoms with Crippen molar-refractivity contribution in [1.29, 1.82) is 0 Å². The lowest BCUT2D eigenvalue weighted by molar-refractivity contribution is -0.137. The summed E-state index contributed by atoms with van der Waals surface area (Å²) in [7, 11) is 0. The van der Waals surface area contributed by atoms with Gasteiger partial charge in [0.2, 0.25) is 0 Å². The predicted molar refractivity (Wildman–Crippen MR) is 105 cm³/mol. The lowest BCUT2D eigenvalue weighted by Crippen LogP contribution is -2.24. The van der Waals surface area contributed by atoms with Crippen LogP contribution in [0.2, 0.25) is 0 Å². The van der Waals surface area contributed by atoms with Gasteiger partial charge < -0.3 is 10.2 Å². The summed E-state index contributed by atoms with van der Waals surface area (Å²) in [6.07, 6.45) is 18.4. The van der Waals surface area contributed by atoms with Crippen molar-refractivity contribution in [3.8, 4) is 0 Å². The number of ketones is 1. The Labute approximate surface area is 157 Å². The zero-order valence-corrected chi connectivity index (χ0v) is 15.8. The highest BCUT2D eigenvalue weighted by atomic mass is 16.4. The van der Waals surface area contributed by atoms with Crippen LogP contribution in [0.4, 0.5) is 0 Å². The summed E-state index contributed by atoms with van der Waals surface area (Å²) in [5, 5.41) is 19.1. The van der Waals surface area contributed by atoms with Crippen molar-refractivity contribution >= 4 is 11.8 Å². The number of carbonyl (C=O) groups excluding carboxylic acids is 1. The van der Waals surface area contributed by atoms with Gasteiger partial charge in [0.1, 0.15) is 0 Å². The second-order valence-corrected chi connectivity index (χ2v) is 6.98. The third kappa shape index (κ3) is 7.96. The minimum absolute atomic E-state index is 0.0476. The number of aliphatic hydroxyl groups is 1. The minimum atomic E-state index is -0.877. The molecule has 0 heterocycles. The van der Waals surface area contributed by atoms with Crippen LogP contribution in [0.25, 0.3) is 0 Å². The van der Waals surface area contributed by atoms with Crippen LogP contribution in [-0.2, 0) is 9.59 Å². The monoisotopic (exact) mass is 360 g/mol. The summed E-state index contributed by atoms with van der Waals surface area (Å²) in [5.74, 6) is -0.710. The average Bonchev–Trinajstić information content (AvgIpc) is 2.96. The fraction of sp³-hybridized carbons (Fsp3) is 0.545. The minimum Gasteiger partial charge on any atom is -0.481 e. The Hall–Kier alpha value is -1.94. The number of hydrogen-bond acceptors (Lipinski definition) is 3. The van der Waals surface area contributed by atoms with Crippen molar-refractivity contribution in [1.82, 2.24) is 0 Å². The maximum absolute atomic E-state index is 12.1.